The Hall–Kier alpha value is -1.83. The van der Waals surface area contributed by atoms with Crippen molar-refractivity contribution >= 4 is 18.0 Å². The summed E-state index contributed by atoms with van der Waals surface area (Å²) in [6.45, 7) is 5.62. The monoisotopic (exact) mass is 362 g/mol. The summed E-state index contributed by atoms with van der Waals surface area (Å²) in [4.78, 5) is 32.9. The van der Waals surface area contributed by atoms with E-state index in [0.717, 1.165) is 51.4 Å². The van der Waals surface area contributed by atoms with Crippen LogP contribution in [0.15, 0.2) is 0 Å². The molecule has 0 fully saturated rings. The van der Waals surface area contributed by atoms with E-state index >= 15 is 0 Å². The van der Waals surface area contributed by atoms with Crippen molar-refractivity contribution in [2.45, 2.75) is 77.7 Å². The molecular weight excluding hydrogens is 328 g/mol. The molecule has 1 atom stereocenters. The van der Waals surface area contributed by atoms with Crippen LogP contribution in [0, 0.1) is 0 Å². The van der Waals surface area contributed by atoms with Crippen LogP contribution in [0.5, 0.6) is 0 Å². The third-order valence-corrected chi connectivity index (χ3v) is 3.69. The Morgan fingerprint density at radius 3 is 1.52 bits per heavy atom. The molecule has 0 radical (unpaired) electrons. The van der Waals surface area contributed by atoms with E-state index in [1.165, 1.54) is 0 Å². The maximum Gasteiger partial charge on any atom is 0.402 e. The molecule has 0 aliphatic carbocycles. The van der Waals surface area contributed by atoms with E-state index in [2.05, 4.69) is 19.6 Å². The maximum absolute atomic E-state index is 11.3. The molecule has 0 aromatic carbocycles. The number of hydrogen-bond acceptors (Lipinski definition) is 4. The number of carboxylic acid groups (broad SMARTS) is 3. The fraction of sp³-hybridized carbons (Fsp3) is 0.824. The van der Waals surface area contributed by atoms with Crippen LogP contribution in [-0.2, 0) is 9.59 Å². The molecule has 8 nitrogen and oxygen atoms in total. The molecule has 0 aromatic rings. The Labute approximate surface area is 150 Å². The van der Waals surface area contributed by atoms with Crippen LogP contribution < -0.4 is 5.73 Å². The van der Waals surface area contributed by atoms with Gasteiger partial charge in [0.05, 0.1) is 6.42 Å². The first-order valence-corrected chi connectivity index (χ1v) is 8.93. The molecule has 8 heteroatoms. The Kier molecular flexibility index (Phi) is 17.3. The van der Waals surface area contributed by atoms with Crippen molar-refractivity contribution in [3.05, 3.63) is 0 Å². The lowest BCUT2D eigenvalue weighted by molar-refractivity contribution is -0.149. The van der Waals surface area contributed by atoms with E-state index in [1.807, 2.05) is 4.90 Å². The number of hydrogen-bond donors (Lipinski definition) is 4. The molecule has 1 amide bonds. The predicted octanol–water partition coefficient (Wildman–Crippen LogP) is 3.00. The van der Waals surface area contributed by atoms with Gasteiger partial charge >= 0.3 is 18.0 Å². The van der Waals surface area contributed by atoms with Crippen molar-refractivity contribution in [3.8, 4) is 0 Å². The van der Waals surface area contributed by atoms with E-state index < -0.39 is 24.1 Å². The topological polar surface area (TPSA) is 141 Å². The van der Waals surface area contributed by atoms with Crippen LogP contribution in [-0.4, -0.2) is 57.4 Å². The van der Waals surface area contributed by atoms with E-state index in [4.69, 9.17) is 15.0 Å². The second-order valence-electron chi connectivity index (χ2n) is 5.95. The molecule has 148 valence electrons. The first-order chi connectivity index (χ1) is 11.8. The lowest BCUT2D eigenvalue weighted by Gasteiger charge is -2.28. The van der Waals surface area contributed by atoms with Gasteiger partial charge in [0.15, 0.2) is 0 Å². The Bertz CT molecular complexity index is 360. The van der Waals surface area contributed by atoms with Gasteiger partial charge in [-0.15, -0.1) is 0 Å². The average molecular weight is 362 g/mol. The van der Waals surface area contributed by atoms with Crippen LogP contribution in [0.25, 0.3) is 0 Å². The highest BCUT2D eigenvalue weighted by Crippen LogP contribution is 2.12. The van der Waals surface area contributed by atoms with Crippen molar-refractivity contribution in [3.63, 3.8) is 0 Å². The first kappa shape index (κ1) is 25.4. The summed E-state index contributed by atoms with van der Waals surface area (Å²) in [5.74, 6) is -2.07. The van der Waals surface area contributed by atoms with Gasteiger partial charge in [0.1, 0.15) is 6.04 Å². The molecule has 0 aliphatic rings. The number of nitrogens with zero attached hydrogens (tertiary/aromatic N) is 1. The number of rotatable bonds is 14. The van der Waals surface area contributed by atoms with Gasteiger partial charge in [-0.25, -0.2) is 4.79 Å². The quantitative estimate of drug-likeness (QED) is 0.348. The van der Waals surface area contributed by atoms with Gasteiger partial charge in [0.2, 0.25) is 0 Å². The lowest BCUT2D eigenvalue weighted by Crippen LogP contribution is -2.43. The molecule has 0 saturated carbocycles. The van der Waals surface area contributed by atoms with Crippen LogP contribution >= 0.6 is 0 Å². The minimum absolute atomic E-state index is 0.323. The first-order valence-electron chi connectivity index (χ1n) is 8.93. The van der Waals surface area contributed by atoms with Crippen molar-refractivity contribution in [2.75, 3.05) is 13.1 Å². The fourth-order valence-corrected chi connectivity index (χ4v) is 2.44. The van der Waals surface area contributed by atoms with Crippen LogP contribution in [0.2, 0.25) is 0 Å². The van der Waals surface area contributed by atoms with E-state index in [-0.39, 0.29) is 6.42 Å². The summed E-state index contributed by atoms with van der Waals surface area (Å²) in [5.41, 5.74) is 4.03. The van der Waals surface area contributed by atoms with Crippen molar-refractivity contribution in [1.29, 1.82) is 0 Å². The van der Waals surface area contributed by atoms with Crippen LogP contribution in [0.3, 0.4) is 0 Å². The van der Waals surface area contributed by atoms with E-state index in [1.54, 1.807) is 0 Å². The SMILES string of the molecule is CCCCCCN(CCCCCC)[C@@H](CC(=O)O)C(=O)O.NC(=O)O. The van der Waals surface area contributed by atoms with Gasteiger partial charge in [0, 0.05) is 0 Å². The number of unbranched alkanes of at least 4 members (excludes halogenated alkanes) is 6. The highest BCUT2D eigenvalue weighted by atomic mass is 16.4. The average Bonchev–Trinajstić information content (AvgIpc) is 2.50. The van der Waals surface area contributed by atoms with E-state index in [9.17, 15) is 14.7 Å². The van der Waals surface area contributed by atoms with Gasteiger partial charge < -0.3 is 21.1 Å². The number of aliphatic carboxylic acids is 2. The number of primary amides is 1. The van der Waals surface area contributed by atoms with Crippen molar-refractivity contribution < 1.29 is 29.7 Å². The van der Waals surface area contributed by atoms with Crippen LogP contribution in [0.1, 0.15) is 71.6 Å². The fourth-order valence-electron chi connectivity index (χ4n) is 2.44. The zero-order valence-corrected chi connectivity index (χ0v) is 15.4. The molecule has 0 aliphatic heterocycles. The lowest BCUT2D eigenvalue weighted by atomic mass is 10.1. The number of carboxylic acids is 2. The van der Waals surface area contributed by atoms with Crippen molar-refractivity contribution in [2.24, 2.45) is 5.73 Å². The Balaban J connectivity index is 0. The molecule has 5 N–H and O–H groups in total. The second kappa shape index (κ2) is 17.0. The van der Waals surface area contributed by atoms with Gasteiger partial charge in [-0.05, 0) is 25.9 Å². The summed E-state index contributed by atoms with van der Waals surface area (Å²) >= 11 is 0. The highest BCUT2D eigenvalue weighted by molar-refractivity contribution is 5.80. The summed E-state index contributed by atoms with van der Waals surface area (Å²) < 4.78 is 0. The molecule has 0 aromatic heterocycles. The molecule has 0 saturated heterocycles. The highest BCUT2D eigenvalue weighted by Gasteiger charge is 2.27. The number of amides is 1. The summed E-state index contributed by atoms with van der Waals surface area (Å²) in [7, 11) is 0. The zero-order chi connectivity index (χ0) is 19.7. The van der Waals surface area contributed by atoms with E-state index in [0.29, 0.717) is 13.1 Å². The van der Waals surface area contributed by atoms with Crippen LogP contribution in [0.4, 0.5) is 4.79 Å². The molecule has 0 rings (SSSR count). The maximum atomic E-state index is 11.3. The standard InChI is InChI=1S/C16H31NO4.CH3NO2/c1-3-5-7-9-11-17(12-10-8-6-4-2)14(16(20)21)13-15(18)19;2-1(3)4/h14H,3-13H2,1-2H3,(H,18,19)(H,20,21);2H2,(H,3,4)/t14-;/m0./s1. The van der Waals surface area contributed by atoms with Gasteiger partial charge in [-0.1, -0.05) is 52.4 Å². The predicted molar refractivity (Wildman–Crippen MR) is 95.7 cm³/mol. The Morgan fingerprint density at radius 1 is 0.840 bits per heavy atom. The van der Waals surface area contributed by atoms with Gasteiger partial charge in [-0.3, -0.25) is 14.5 Å². The Morgan fingerprint density at radius 2 is 1.24 bits per heavy atom. The molecule has 0 unspecified atom stereocenters. The molecule has 0 heterocycles. The zero-order valence-electron chi connectivity index (χ0n) is 15.4. The summed E-state index contributed by atoms with van der Waals surface area (Å²) in [6, 6.07) is -0.897. The number of nitrogens with two attached hydrogens (primary N) is 1. The summed E-state index contributed by atoms with van der Waals surface area (Å²) in [5, 5.41) is 25.4. The minimum atomic E-state index is -1.33. The molecule has 0 spiro atoms. The third kappa shape index (κ3) is 18.4. The molecular formula is C17H34N2O6. The summed E-state index contributed by atoms with van der Waals surface area (Å²) in [6.07, 6.45) is 6.90. The largest absolute Gasteiger partial charge is 0.481 e. The van der Waals surface area contributed by atoms with Gasteiger partial charge in [0.25, 0.3) is 0 Å². The minimum Gasteiger partial charge on any atom is -0.481 e. The normalized spacial score (nSPS) is 11.5. The van der Waals surface area contributed by atoms with Gasteiger partial charge in [-0.2, -0.15) is 0 Å². The van der Waals surface area contributed by atoms with Crippen molar-refractivity contribution in [1.82, 2.24) is 4.90 Å². The molecule has 0 bridgehead atoms. The second-order valence-corrected chi connectivity index (χ2v) is 5.95. The smallest absolute Gasteiger partial charge is 0.402 e. The molecule has 25 heavy (non-hydrogen) atoms. The number of carbonyl (C=O) groups is 3. The third-order valence-electron chi connectivity index (χ3n) is 3.69.